The summed E-state index contributed by atoms with van der Waals surface area (Å²) in [6.07, 6.45) is 1.70. The first-order chi connectivity index (χ1) is 14.5. The molecule has 4 aromatic heterocycles. The number of fused-ring (bicyclic) bond motifs is 1. The highest BCUT2D eigenvalue weighted by Crippen LogP contribution is 2.34. The van der Waals surface area contributed by atoms with Gasteiger partial charge in [0.2, 0.25) is 11.9 Å². The van der Waals surface area contributed by atoms with E-state index in [9.17, 15) is 4.79 Å². The van der Waals surface area contributed by atoms with Gasteiger partial charge >= 0.3 is 0 Å². The average molecular weight is 458 g/mol. The maximum atomic E-state index is 13.3. The molecule has 2 N–H and O–H groups in total. The van der Waals surface area contributed by atoms with E-state index >= 15 is 0 Å². The summed E-state index contributed by atoms with van der Waals surface area (Å²) in [5, 5.41) is 5.24. The monoisotopic (exact) mass is 457 g/mol. The third-order valence-corrected chi connectivity index (χ3v) is 6.92. The van der Waals surface area contributed by atoms with Crippen LogP contribution in [0.3, 0.4) is 0 Å². The first-order valence-corrected chi connectivity index (χ1v) is 11.7. The Bertz CT molecular complexity index is 1260. The molecule has 0 fully saturated rings. The smallest absolute Gasteiger partial charge is 0.263 e. The molecule has 0 aliphatic rings. The zero-order valence-corrected chi connectivity index (χ0v) is 18.9. The second-order valence-electron chi connectivity index (χ2n) is 6.50. The number of allylic oxidation sites excluding steroid dienone is 1. The number of thiophene rings is 2. The summed E-state index contributed by atoms with van der Waals surface area (Å²) in [6, 6.07) is 3.99. The minimum absolute atomic E-state index is 0.0730. The van der Waals surface area contributed by atoms with E-state index in [0.717, 1.165) is 15.3 Å². The molecule has 8 nitrogen and oxygen atoms in total. The number of nitrogen functional groups attached to an aromatic ring is 1. The van der Waals surface area contributed by atoms with Gasteiger partial charge in [-0.05, 0) is 11.4 Å². The second kappa shape index (κ2) is 8.54. The molecule has 0 atom stereocenters. The fraction of sp³-hybridized carbons (Fsp3) is 0.211. The molecule has 0 aromatic carbocycles. The summed E-state index contributed by atoms with van der Waals surface area (Å²) in [5.74, 6) is 1.59. The van der Waals surface area contributed by atoms with Gasteiger partial charge in [-0.25, -0.2) is 4.98 Å². The topological polar surface area (TPSA) is 103 Å². The van der Waals surface area contributed by atoms with Gasteiger partial charge in [-0.3, -0.25) is 9.36 Å². The van der Waals surface area contributed by atoms with Crippen LogP contribution in [0.25, 0.3) is 20.7 Å². The van der Waals surface area contributed by atoms with E-state index in [2.05, 4.69) is 21.5 Å². The van der Waals surface area contributed by atoms with Gasteiger partial charge in [-0.15, -0.1) is 29.3 Å². The summed E-state index contributed by atoms with van der Waals surface area (Å²) >= 11 is 4.47. The van der Waals surface area contributed by atoms with Crippen molar-refractivity contribution in [2.24, 2.45) is 0 Å². The molecule has 0 bridgehead atoms. The van der Waals surface area contributed by atoms with E-state index in [1.165, 1.54) is 23.1 Å². The van der Waals surface area contributed by atoms with Crippen molar-refractivity contribution in [3.05, 3.63) is 51.7 Å². The van der Waals surface area contributed by atoms with Crippen LogP contribution in [0, 0.1) is 0 Å². The van der Waals surface area contributed by atoms with Crippen molar-refractivity contribution in [1.82, 2.24) is 24.5 Å². The highest BCUT2D eigenvalue weighted by Gasteiger charge is 2.18. The lowest BCUT2D eigenvalue weighted by molar-refractivity contribution is 0.672. The fourth-order valence-electron chi connectivity index (χ4n) is 2.84. The number of nitrogens with two attached hydrogens (primary N) is 1. The minimum Gasteiger partial charge on any atom is -0.368 e. The summed E-state index contributed by atoms with van der Waals surface area (Å²) in [7, 11) is 3.68. The zero-order valence-electron chi connectivity index (χ0n) is 16.4. The Morgan fingerprint density at radius 3 is 2.80 bits per heavy atom. The van der Waals surface area contributed by atoms with E-state index < -0.39 is 0 Å². The van der Waals surface area contributed by atoms with Gasteiger partial charge in [0, 0.05) is 36.5 Å². The average Bonchev–Trinajstić information content (AvgIpc) is 3.38. The van der Waals surface area contributed by atoms with E-state index in [4.69, 9.17) is 10.7 Å². The van der Waals surface area contributed by atoms with Crippen molar-refractivity contribution >= 4 is 56.5 Å². The third-order valence-electron chi connectivity index (χ3n) is 4.17. The molecule has 0 radical (unpaired) electrons. The number of rotatable bonds is 7. The fourth-order valence-corrected chi connectivity index (χ4v) is 5.50. The van der Waals surface area contributed by atoms with Crippen LogP contribution < -0.4 is 16.2 Å². The van der Waals surface area contributed by atoms with Crippen LogP contribution >= 0.6 is 34.4 Å². The molecule has 0 spiro atoms. The molecule has 154 valence electrons. The molecular formula is C19H19N7OS3. The van der Waals surface area contributed by atoms with Gasteiger partial charge < -0.3 is 10.6 Å². The summed E-state index contributed by atoms with van der Waals surface area (Å²) in [4.78, 5) is 34.4. The Morgan fingerprint density at radius 2 is 2.10 bits per heavy atom. The van der Waals surface area contributed by atoms with Crippen LogP contribution in [0.2, 0.25) is 0 Å². The second-order valence-corrected chi connectivity index (χ2v) is 9.25. The molecule has 4 rings (SSSR count). The number of thioether (sulfide) groups is 1. The molecule has 4 aromatic rings. The summed E-state index contributed by atoms with van der Waals surface area (Å²) in [6.45, 7) is 4.16. The Balaban J connectivity index is 1.73. The standard InChI is InChI=1S/C19H19N7OS3/c1-4-7-26-16(27)14-11(12-6-5-8-28-12)9-29-15(14)23-19(26)30-10-13-21-17(20)24-18(22-13)25(2)3/h4-6,8-9H,1,7,10H2,2-3H3,(H2,20,21,22,24). The van der Waals surface area contributed by atoms with Crippen molar-refractivity contribution in [3.63, 3.8) is 0 Å². The maximum absolute atomic E-state index is 13.3. The van der Waals surface area contributed by atoms with Gasteiger partial charge in [0.25, 0.3) is 5.56 Å². The lowest BCUT2D eigenvalue weighted by Crippen LogP contribution is -2.22. The molecule has 4 heterocycles. The van der Waals surface area contributed by atoms with Gasteiger partial charge in [0.1, 0.15) is 10.7 Å². The van der Waals surface area contributed by atoms with E-state index in [1.807, 2.05) is 37.0 Å². The van der Waals surface area contributed by atoms with Crippen LogP contribution in [0.4, 0.5) is 11.9 Å². The number of nitrogens with zero attached hydrogens (tertiary/aromatic N) is 6. The first kappa shape index (κ1) is 20.5. The van der Waals surface area contributed by atoms with Crippen molar-refractivity contribution in [1.29, 1.82) is 0 Å². The van der Waals surface area contributed by atoms with Gasteiger partial charge in [0.15, 0.2) is 5.16 Å². The van der Waals surface area contributed by atoms with Gasteiger partial charge in [-0.2, -0.15) is 15.0 Å². The van der Waals surface area contributed by atoms with E-state index in [0.29, 0.717) is 34.6 Å². The van der Waals surface area contributed by atoms with Crippen molar-refractivity contribution in [2.75, 3.05) is 24.7 Å². The number of anilines is 2. The Morgan fingerprint density at radius 1 is 1.27 bits per heavy atom. The maximum Gasteiger partial charge on any atom is 0.263 e. The van der Waals surface area contributed by atoms with Crippen molar-refractivity contribution in [2.45, 2.75) is 17.5 Å². The summed E-state index contributed by atoms with van der Waals surface area (Å²) < 4.78 is 1.64. The molecule has 0 amide bonds. The Hall–Kier alpha value is -2.76. The largest absolute Gasteiger partial charge is 0.368 e. The quantitative estimate of drug-likeness (QED) is 0.256. The minimum atomic E-state index is -0.0730. The lowest BCUT2D eigenvalue weighted by atomic mass is 10.2. The van der Waals surface area contributed by atoms with Gasteiger partial charge in [0.05, 0.1) is 11.1 Å². The first-order valence-electron chi connectivity index (χ1n) is 8.95. The van der Waals surface area contributed by atoms with Crippen LogP contribution in [0.5, 0.6) is 0 Å². The molecule has 0 saturated heterocycles. The van der Waals surface area contributed by atoms with Crippen LogP contribution in [-0.4, -0.2) is 38.6 Å². The highest BCUT2D eigenvalue weighted by molar-refractivity contribution is 7.98. The molecule has 0 unspecified atom stereocenters. The molecule has 11 heteroatoms. The van der Waals surface area contributed by atoms with Crippen molar-refractivity contribution in [3.8, 4) is 10.4 Å². The highest BCUT2D eigenvalue weighted by atomic mass is 32.2. The SMILES string of the molecule is C=CCn1c(SCc2nc(N)nc(N(C)C)n2)nc2scc(-c3cccs3)c2c1=O. The number of hydrogen-bond acceptors (Lipinski definition) is 10. The Labute approximate surface area is 185 Å². The van der Waals surface area contributed by atoms with Crippen LogP contribution in [0.1, 0.15) is 5.82 Å². The van der Waals surface area contributed by atoms with E-state index in [1.54, 1.807) is 26.9 Å². The third kappa shape index (κ3) is 3.95. The van der Waals surface area contributed by atoms with Crippen molar-refractivity contribution < 1.29 is 0 Å². The molecular weight excluding hydrogens is 438 g/mol. The Kier molecular flexibility index (Phi) is 5.84. The number of aromatic nitrogens is 5. The number of hydrogen-bond donors (Lipinski definition) is 1. The summed E-state index contributed by atoms with van der Waals surface area (Å²) in [5.41, 5.74) is 6.67. The molecule has 30 heavy (non-hydrogen) atoms. The zero-order chi connectivity index (χ0) is 21.3. The van der Waals surface area contributed by atoms with E-state index in [-0.39, 0.29) is 11.5 Å². The lowest BCUT2D eigenvalue weighted by Gasteiger charge is -2.12. The van der Waals surface area contributed by atoms with Crippen LogP contribution in [0.15, 0.2) is 45.5 Å². The molecule has 0 saturated carbocycles. The molecule has 0 aliphatic heterocycles. The predicted molar refractivity (Wildman–Crippen MR) is 126 cm³/mol. The predicted octanol–water partition coefficient (Wildman–Crippen LogP) is 3.50. The van der Waals surface area contributed by atoms with Gasteiger partial charge in [-0.1, -0.05) is 23.9 Å². The normalized spacial score (nSPS) is 11.1. The molecule has 0 aliphatic carbocycles. The van der Waals surface area contributed by atoms with Crippen LogP contribution in [-0.2, 0) is 12.3 Å².